The number of thioether (sulfide) groups is 1. The third-order valence-corrected chi connectivity index (χ3v) is 5.08. The van der Waals surface area contributed by atoms with Crippen molar-refractivity contribution in [2.24, 2.45) is 0 Å². The lowest BCUT2D eigenvalue weighted by Gasteiger charge is -2.10. The number of carbonyl (C=O) groups excluding carboxylic acids is 3. The van der Waals surface area contributed by atoms with Crippen LogP contribution in [0.3, 0.4) is 0 Å². The molecule has 1 aliphatic heterocycles. The number of aromatic hydroxyl groups is 1. The van der Waals surface area contributed by atoms with E-state index in [1.807, 2.05) is 0 Å². The highest BCUT2D eigenvalue weighted by molar-refractivity contribution is 8.18. The van der Waals surface area contributed by atoms with E-state index < -0.39 is 17.1 Å². The lowest BCUT2D eigenvalue weighted by molar-refractivity contribution is -0.123. The molecular formula is C19H16ClNO7S. The van der Waals surface area contributed by atoms with Crippen LogP contribution in [-0.2, 0) is 16.1 Å². The molecule has 0 saturated carbocycles. The van der Waals surface area contributed by atoms with Gasteiger partial charge in [0.05, 0.1) is 30.2 Å². The monoisotopic (exact) mass is 437 g/mol. The van der Waals surface area contributed by atoms with Crippen LogP contribution in [0.2, 0.25) is 5.02 Å². The number of benzene rings is 1. The summed E-state index contributed by atoms with van der Waals surface area (Å²) >= 11 is 6.76. The molecule has 152 valence electrons. The Balaban J connectivity index is 1.81. The molecule has 0 bridgehead atoms. The van der Waals surface area contributed by atoms with Gasteiger partial charge in [-0.25, -0.2) is 4.79 Å². The number of carbonyl (C=O) groups is 3. The summed E-state index contributed by atoms with van der Waals surface area (Å²) in [5.74, 6) is -0.945. The summed E-state index contributed by atoms with van der Waals surface area (Å²) in [6.07, 6.45) is 1.49. The number of hydrogen-bond donors (Lipinski definition) is 1. The molecule has 1 aliphatic rings. The third kappa shape index (κ3) is 4.41. The van der Waals surface area contributed by atoms with Crippen LogP contribution >= 0.6 is 23.4 Å². The van der Waals surface area contributed by atoms with E-state index in [2.05, 4.69) is 4.74 Å². The highest BCUT2D eigenvalue weighted by Crippen LogP contribution is 2.38. The summed E-state index contributed by atoms with van der Waals surface area (Å²) in [6.45, 7) is 1.95. The average Bonchev–Trinajstić information content (AvgIpc) is 3.26. The van der Waals surface area contributed by atoms with Crippen molar-refractivity contribution in [3.8, 4) is 11.5 Å². The van der Waals surface area contributed by atoms with Gasteiger partial charge in [0.25, 0.3) is 11.1 Å². The van der Waals surface area contributed by atoms with E-state index in [9.17, 15) is 19.5 Å². The average molecular weight is 438 g/mol. The van der Waals surface area contributed by atoms with Gasteiger partial charge in [0.1, 0.15) is 5.76 Å². The second-order valence-corrected chi connectivity index (χ2v) is 7.21. The highest BCUT2D eigenvalue weighted by Gasteiger charge is 2.36. The first-order valence-electron chi connectivity index (χ1n) is 8.41. The predicted octanol–water partition coefficient (Wildman–Crippen LogP) is 4.06. The van der Waals surface area contributed by atoms with Crippen molar-refractivity contribution in [2.45, 2.75) is 13.5 Å². The first-order valence-corrected chi connectivity index (χ1v) is 9.61. The van der Waals surface area contributed by atoms with E-state index in [1.165, 1.54) is 37.5 Å². The van der Waals surface area contributed by atoms with Gasteiger partial charge in [-0.1, -0.05) is 11.6 Å². The molecule has 1 fully saturated rings. The number of rotatable bonds is 6. The minimum Gasteiger partial charge on any atom is -0.503 e. The minimum absolute atomic E-state index is 0.0211. The fourth-order valence-electron chi connectivity index (χ4n) is 2.56. The number of esters is 1. The van der Waals surface area contributed by atoms with Crippen LogP contribution in [0.25, 0.3) is 6.08 Å². The van der Waals surface area contributed by atoms with Crippen LogP contribution in [0.5, 0.6) is 11.5 Å². The quantitative estimate of drug-likeness (QED) is 0.532. The Morgan fingerprint density at radius 2 is 2.10 bits per heavy atom. The number of hydrogen-bond acceptors (Lipinski definition) is 8. The van der Waals surface area contributed by atoms with Gasteiger partial charge in [-0.2, -0.15) is 0 Å². The van der Waals surface area contributed by atoms with Crippen molar-refractivity contribution >= 4 is 46.6 Å². The van der Waals surface area contributed by atoms with Gasteiger partial charge in [-0.05, 0) is 54.6 Å². The summed E-state index contributed by atoms with van der Waals surface area (Å²) in [5, 5.41) is 9.50. The molecule has 1 N–H and O–H groups in total. The molecule has 0 atom stereocenters. The zero-order chi connectivity index (χ0) is 21.1. The van der Waals surface area contributed by atoms with Crippen molar-refractivity contribution < 1.29 is 33.4 Å². The van der Waals surface area contributed by atoms with Gasteiger partial charge >= 0.3 is 5.97 Å². The molecule has 1 aromatic heterocycles. The Morgan fingerprint density at radius 3 is 2.79 bits per heavy atom. The van der Waals surface area contributed by atoms with Crippen molar-refractivity contribution in [2.75, 3.05) is 13.7 Å². The number of ether oxygens (including phenoxy) is 2. The fourth-order valence-corrected chi connectivity index (χ4v) is 3.62. The summed E-state index contributed by atoms with van der Waals surface area (Å²) < 4.78 is 15.2. The number of amides is 2. The molecule has 3 rings (SSSR count). The third-order valence-electron chi connectivity index (χ3n) is 3.88. The van der Waals surface area contributed by atoms with Crippen LogP contribution in [-0.4, -0.2) is 40.8 Å². The lowest BCUT2D eigenvalue weighted by Crippen LogP contribution is -2.27. The van der Waals surface area contributed by atoms with E-state index in [1.54, 1.807) is 6.92 Å². The number of furan rings is 1. The van der Waals surface area contributed by atoms with Crippen LogP contribution < -0.4 is 4.74 Å². The van der Waals surface area contributed by atoms with Gasteiger partial charge in [-0.3, -0.25) is 14.5 Å². The topological polar surface area (TPSA) is 106 Å². The zero-order valence-electron chi connectivity index (χ0n) is 15.4. The summed E-state index contributed by atoms with van der Waals surface area (Å²) in [6, 6.07) is 5.88. The van der Waals surface area contributed by atoms with E-state index in [-0.39, 0.29) is 39.5 Å². The van der Waals surface area contributed by atoms with Crippen molar-refractivity contribution in [1.82, 2.24) is 4.90 Å². The zero-order valence-corrected chi connectivity index (χ0v) is 17.0. The predicted molar refractivity (Wildman–Crippen MR) is 106 cm³/mol. The first kappa shape index (κ1) is 20.8. The van der Waals surface area contributed by atoms with Crippen molar-refractivity contribution in [1.29, 1.82) is 0 Å². The van der Waals surface area contributed by atoms with Crippen molar-refractivity contribution in [3.05, 3.63) is 51.3 Å². The molecule has 0 unspecified atom stereocenters. The standard InChI is InChI=1S/C19H16ClNO7S/c1-3-27-14-7-10(6-12(20)16(14)22)8-15-17(23)21(19(25)29-15)9-11-4-5-13(28-11)18(24)26-2/h4-8,22H,3,9H2,1-2H3/b15-8+. The Bertz CT molecular complexity index is 1010. The molecule has 2 amide bonds. The van der Waals surface area contributed by atoms with E-state index in [0.717, 1.165) is 16.7 Å². The van der Waals surface area contributed by atoms with Crippen LogP contribution in [0.1, 0.15) is 28.8 Å². The molecule has 8 nitrogen and oxygen atoms in total. The molecule has 0 aliphatic carbocycles. The number of methoxy groups -OCH3 is 1. The second-order valence-electron chi connectivity index (χ2n) is 5.81. The molecule has 1 aromatic carbocycles. The largest absolute Gasteiger partial charge is 0.503 e. The molecule has 1 saturated heterocycles. The maximum Gasteiger partial charge on any atom is 0.373 e. The van der Waals surface area contributed by atoms with Crippen LogP contribution in [0.15, 0.2) is 33.6 Å². The Morgan fingerprint density at radius 1 is 1.34 bits per heavy atom. The van der Waals surface area contributed by atoms with Gasteiger partial charge in [0.15, 0.2) is 11.5 Å². The van der Waals surface area contributed by atoms with Crippen LogP contribution in [0.4, 0.5) is 4.79 Å². The van der Waals surface area contributed by atoms with E-state index in [0.29, 0.717) is 12.2 Å². The normalized spacial score (nSPS) is 15.3. The molecule has 0 radical (unpaired) electrons. The molecule has 29 heavy (non-hydrogen) atoms. The van der Waals surface area contributed by atoms with Gasteiger partial charge in [0.2, 0.25) is 5.76 Å². The van der Waals surface area contributed by atoms with Crippen LogP contribution in [0, 0.1) is 0 Å². The number of halogens is 1. The first-order chi connectivity index (χ1) is 13.8. The lowest BCUT2D eigenvalue weighted by atomic mass is 10.2. The smallest absolute Gasteiger partial charge is 0.373 e. The minimum atomic E-state index is -0.653. The summed E-state index contributed by atoms with van der Waals surface area (Å²) in [5.41, 5.74) is 0.493. The van der Waals surface area contributed by atoms with Gasteiger partial charge in [-0.15, -0.1) is 0 Å². The molecule has 2 heterocycles. The van der Waals surface area contributed by atoms with E-state index in [4.69, 9.17) is 20.8 Å². The molecule has 0 spiro atoms. The summed E-state index contributed by atoms with van der Waals surface area (Å²) in [7, 11) is 1.22. The maximum atomic E-state index is 12.7. The summed E-state index contributed by atoms with van der Waals surface area (Å²) in [4.78, 5) is 37.6. The number of phenolic OH excluding ortho intramolecular Hbond substituents is 1. The number of phenols is 1. The van der Waals surface area contributed by atoms with Gasteiger partial charge in [0, 0.05) is 0 Å². The second kappa shape index (κ2) is 8.62. The SMILES string of the molecule is CCOc1cc(/C=C2/SC(=O)N(Cc3ccc(C(=O)OC)o3)C2=O)cc(Cl)c1O. The van der Waals surface area contributed by atoms with Gasteiger partial charge < -0.3 is 19.0 Å². The van der Waals surface area contributed by atoms with E-state index >= 15 is 0 Å². The number of nitrogens with zero attached hydrogens (tertiary/aromatic N) is 1. The number of imide groups is 1. The fraction of sp³-hybridized carbons (Fsp3) is 0.211. The molecule has 10 heteroatoms. The Kier molecular flexibility index (Phi) is 6.19. The Labute approximate surface area is 175 Å². The Hall–Kier alpha value is -2.91. The maximum absolute atomic E-state index is 12.7. The van der Waals surface area contributed by atoms with Crippen molar-refractivity contribution in [3.63, 3.8) is 0 Å². The molecule has 2 aromatic rings. The molecular weight excluding hydrogens is 422 g/mol. The highest BCUT2D eigenvalue weighted by atomic mass is 35.5.